The number of carbonyl (C=O) groups is 1. The molecule has 1 saturated heterocycles. The molecule has 6 heteroatoms. The van der Waals surface area contributed by atoms with Crippen LogP contribution in [0.2, 0.25) is 0 Å². The number of fused-ring (bicyclic) bond motifs is 1. The van der Waals surface area contributed by atoms with Crippen molar-refractivity contribution < 1.29 is 4.79 Å². The summed E-state index contributed by atoms with van der Waals surface area (Å²) in [6.07, 6.45) is 5.10. The lowest BCUT2D eigenvalue weighted by Gasteiger charge is -2.34. The molecular weight excluding hydrogens is 386 g/mol. The van der Waals surface area contributed by atoms with Crippen molar-refractivity contribution in [3.63, 3.8) is 0 Å². The third-order valence-electron chi connectivity index (χ3n) is 4.55. The maximum Gasteiger partial charge on any atom is 0.271 e. The number of halogens is 1. The number of hydrogen-bond donors (Lipinski definition) is 0. The summed E-state index contributed by atoms with van der Waals surface area (Å²) in [5.41, 5.74) is 1.74. The Morgan fingerprint density at radius 2 is 2.17 bits per heavy atom. The molecule has 0 spiro atoms. The molecule has 0 saturated carbocycles. The Bertz CT molecular complexity index is 868. The number of hydrogen-bond acceptors (Lipinski definition) is 3. The first-order chi connectivity index (χ1) is 11.6. The van der Waals surface area contributed by atoms with Crippen LogP contribution in [0.25, 0.3) is 10.2 Å². The van der Waals surface area contributed by atoms with Gasteiger partial charge in [0.2, 0.25) is 0 Å². The fourth-order valence-electron chi connectivity index (χ4n) is 3.35. The molecular formula is C18H18BrN3OS. The van der Waals surface area contributed by atoms with E-state index >= 15 is 0 Å². The molecule has 0 N–H and O–H groups in total. The molecule has 1 aromatic carbocycles. The van der Waals surface area contributed by atoms with E-state index in [1.54, 1.807) is 11.3 Å². The van der Waals surface area contributed by atoms with Crippen LogP contribution in [0.4, 0.5) is 0 Å². The Hall–Kier alpha value is -1.66. The van der Waals surface area contributed by atoms with Gasteiger partial charge in [-0.25, -0.2) is 4.98 Å². The van der Waals surface area contributed by atoms with E-state index in [1.807, 2.05) is 47.0 Å². The average Bonchev–Trinajstić information content (AvgIpc) is 3.17. The van der Waals surface area contributed by atoms with Gasteiger partial charge in [-0.3, -0.25) is 4.79 Å². The molecule has 124 valence electrons. The lowest BCUT2D eigenvalue weighted by Crippen LogP contribution is -2.39. The minimum atomic E-state index is 0.0809. The molecule has 24 heavy (non-hydrogen) atoms. The van der Waals surface area contributed by atoms with E-state index in [2.05, 4.69) is 22.0 Å². The summed E-state index contributed by atoms with van der Waals surface area (Å²) in [7, 11) is 1.91. The first-order valence-electron chi connectivity index (χ1n) is 8.12. The number of piperidine rings is 1. The highest BCUT2D eigenvalue weighted by Crippen LogP contribution is 2.36. The van der Waals surface area contributed by atoms with Crippen molar-refractivity contribution in [3.8, 4) is 0 Å². The third kappa shape index (κ3) is 2.78. The van der Waals surface area contributed by atoms with Crippen LogP contribution >= 0.6 is 27.3 Å². The fraction of sp³-hybridized carbons (Fsp3) is 0.333. The number of carbonyl (C=O) groups excluding carboxylic acids is 1. The van der Waals surface area contributed by atoms with Crippen LogP contribution in [-0.2, 0) is 7.05 Å². The van der Waals surface area contributed by atoms with E-state index in [0.717, 1.165) is 46.5 Å². The van der Waals surface area contributed by atoms with Gasteiger partial charge in [-0.15, -0.1) is 11.3 Å². The highest BCUT2D eigenvalue weighted by molar-refractivity contribution is 9.10. The van der Waals surface area contributed by atoms with Crippen molar-refractivity contribution >= 4 is 43.4 Å². The molecule has 0 radical (unpaired) electrons. The number of likely N-dealkylation sites (tertiary alicyclic amines) is 1. The van der Waals surface area contributed by atoms with Gasteiger partial charge in [-0.05, 0) is 53.4 Å². The predicted molar refractivity (Wildman–Crippen MR) is 100 cm³/mol. The fourth-order valence-corrected chi connectivity index (χ4v) is 4.99. The summed E-state index contributed by atoms with van der Waals surface area (Å²) in [5, 5.41) is 1.05. The van der Waals surface area contributed by atoms with E-state index < -0.39 is 0 Å². The van der Waals surface area contributed by atoms with Crippen LogP contribution in [0.3, 0.4) is 0 Å². The summed E-state index contributed by atoms with van der Waals surface area (Å²) in [4.78, 5) is 19.9. The van der Waals surface area contributed by atoms with Gasteiger partial charge in [0.1, 0.15) is 10.7 Å². The molecule has 1 aliphatic heterocycles. The van der Waals surface area contributed by atoms with E-state index in [-0.39, 0.29) is 11.9 Å². The third-order valence-corrected chi connectivity index (χ3v) is 6.12. The number of amides is 1. The van der Waals surface area contributed by atoms with Gasteiger partial charge >= 0.3 is 0 Å². The normalized spacial score (nSPS) is 18.2. The molecule has 1 fully saturated rings. The van der Waals surface area contributed by atoms with Crippen molar-refractivity contribution in [2.24, 2.45) is 7.05 Å². The van der Waals surface area contributed by atoms with E-state index in [4.69, 9.17) is 4.98 Å². The van der Waals surface area contributed by atoms with Gasteiger partial charge in [0.25, 0.3) is 5.91 Å². The van der Waals surface area contributed by atoms with Gasteiger partial charge in [-0.2, -0.15) is 0 Å². The smallest absolute Gasteiger partial charge is 0.271 e. The number of aromatic nitrogens is 2. The number of nitrogens with zero attached hydrogens (tertiary/aromatic N) is 3. The molecule has 0 bridgehead atoms. The van der Waals surface area contributed by atoms with E-state index in [9.17, 15) is 4.79 Å². The zero-order chi connectivity index (χ0) is 16.7. The Morgan fingerprint density at radius 3 is 2.92 bits per heavy atom. The van der Waals surface area contributed by atoms with Crippen LogP contribution in [0.5, 0.6) is 0 Å². The van der Waals surface area contributed by atoms with Crippen molar-refractivity contribution in [2.45, 2.75) is 25.3 Å². The van der Waals surface area contributed by atoms with Crippen LogP contribution in [0.15, 0.2) is 41.0 Å². The van der Waals surface area contributed by atoms with Gasteiger partial charge in [0, 0.05) is 24.3 Å². The SMILES string of the molecule is Cn1cc(Br)cc1C(=O)N1CCCCC1c1nc2ccccc2s1. The largest absolute Gasteiger partial charge is 0.345 e. The predicted octanol–water partition coefficient (Wildman–Crippen LogP) is 4.76. The Balaban J connectivity index is 1.70. The molecule has 0 aliphatic carbocycles. The van der Waals surface area contributed by atoms with Crippen molar-refractivity contribution in [1.82, 2.24) is 14.5 Å². The molecule has 3 heterocycles. The van der Waals surface area contributed by atoms with Gasteiger partial charge in [0.05, 0.1) is 16.3 Å². The highest BCUT2D eigenvalue weighted by atomic mass is 79.9. The second-order valence-corrected chi connectivity index (χ2v) is 8.16. The topological polar surface area (TPSA) is 38.1 Å². The molecule has 1 unspecified atom stereocenters. The quantitative estimate of drug-likeness (QED) is 0.618. The lowest BCUT2D eigenvalue weighted by atomic mass is 10.0. The molecule has 4 rings (SSSR count). The van der Waals surface area contributed by atoms with Crippen LogP contribution in [-0.4, -0.2) is 26.9 Å². The first-order valence-corrected chi connectivity index (χ1v) is 9.73. The first kappa shape index (κ1) is 15.8. The lowest BCUT2D eigenvalue weighted by molar-refractivity contribution is 0.0601. The van der Waals surface area contributed by atoms with Crippen molar-refractivity contribution in [3.05, 3.63) is 51.7 Å². The molecule has 1 atom stereocenters. The Kier molecular flexibility index (Phi) is 4.18. The van der Waals surface area contributed by atoms with Crippen LogP contribution in [0, 0.1) is 0 Å². The number of thiazole rings is 1. The number of rotatable bonds is 2. The summed E-state index contributed by atoms with van der Waals surface area (Å²) in [5.74, 6) is 0.0900. The zero-order valence-electron chi connectivity index (χ0n) is 13.4. The Morgan fingerprint density at radius 1 is 1.33 bits per heavy atom. The van der Waals surface area contributed by atoms with Gasteiger partial charge in [0.15, 0.2) is 0 Å². The van der Waals surface area contributed by atoms with Gasteiger partial charge < -0.3 is 9.47 Å². The van der Waals surface area contributed by atoms with Crippen LogP contribution < -0.4 is 0 Å². The summed E-state index contributed by atoms with van der Waals surface area (Å²) in [6, 6.07) is 10.2. The standard InChI is InChI=1S/C18H18BrN3OS/c1-21-11-12(19)10-15(21)18(23)22-9-5-4-7-14(22)17-20-13-6-2-3-8-16(13)24-17/h2-3,6,8,10-11,14H,4-5,7,9H2,1H3. The van der Waals surface area contributed by atoms with E-state index in [1.165, 1.54) is 4.70 Å². The average molecular weight is 404 g/mol. The van der Waals surface area contributed by atoms with Crippen LogP contribution in [0.1, 0.15) is 40.8 Å². The van der Waals surface area contributed by atoms with Crippen molar-refractivity contribution in [1.29, 1.82) is 0 Å². The summed E-state index contributed by atoms with van der Waals surface area (Å²) >= 11 is 5.17. The summed E-state index contributed by atoms with van der Waals surface area (Å²) in [6.45, 7) is 0.794. The molecule has 1 amide bonds. The number of benzene rings is 1. The minimum Gasteiger partial charge on any atom is -0.345 e. The second kappa shape index (κ2) is 6.33. The maximum atomic E-state index is 13.1. The second-order valence-electron chi connectivity index (χ2n) is 6.18. The molecule has 3 aromatic rings. The zero-order valence-corrected chi connectivity index (χ0v) is 15.8. The Labute approximate surface area is 153 Å². The molecule has 2 aromatic heterocycles. The monoisotopic (exact) mass is 403 g/mol. The maximum absolute atomic E-state index is 13.1. The molecule has 1 aliphatic rings. The minimum absolute atomic E-state index is 0.0809. The molecule has 4 nitrogen and oxygen atoms in total. The van der Waals surface area contributed by atoms with Crippen molar-refractivity contribution in [2.75, 3.05) is 6.54 Å². The number of para-hydroxylation sites is 1. The van der Waals surface area contributed by atoms with Gasteiger partial charge in [-0.1, -0.05) is 12.1 Å². The number of aryl methyl sites for hydroxylation is 1. The summed E-state index contributed by atoms with van der Waals surface area (Å²) < 4.78 is 4.00. The highest BCUT2D eigenvalue weighted by Gasteiger charge is 2.32. The van der Waals surface area contributed by atoms with E-state index in [0.29, 0.717) is 0 Å².